The maximum absolute atomic E-state index is 13.2. The van der Waals surface area contributed by atoms with Crippen LogP contribution in [0, 0.1) is 12.7 Å². The fourth-order valence-corrected chi connectivity index (χ4v) is 3.40. The Bertz CT molecular complexity index is 1350. The van der Waals surface area contributed by atoms with Crippen molar-refractivity contribution in [3.63, 3.8) is 0 Å². The predicted molar refractivity (Wildman–Crippen MR) is 117 cm³/mol. The number of amides is 1. The zero-order valence-corrected chi connectivity index (χ0v) is 17.0. The van der Waals surface area contributed by atoms with E-state index in [-0.39, 0.29) is 22.6 Å². The van der Waals surface area contributed by atoms with Gasteiger partial charge in [0.05, 0.1) is 5.69 Å². The summed E-state index contributed by atoms with van der Waals surface area (Å²) < 4.78 is 13.2. The van der Waals surface area contributed by atoms with Gasteiger partial charge in [0.2, 0.25) is 0 Å². The molecule has 0 bridgehead atoms. The van der Waals surface area contributed by atoms with Crippen molar-refractivity contribution in [3.05, 3.63) is 94.7 Å². The van der Waals surface area contributed by atoms with E-state index >= 15 is 0 Å². The second-order valence-electron chi connectivity index (χ2n) is 7.31. The number of fused-ring (bicyclic) bond motifs is 1. The lowest BCUT2D eigenvalue weighted by Gasteiger charge is -2.13. The number of carbonyl (C=O) groups is 2. The third-order valence-electron chi connectivity index (χ3n) is 4.96. The lowest BCUT2D eigenvalue weighted by Crippen LogP contribution is -2.13. The molecule has 0 fully saturated rings. The minimum Gasteiger partial charge on any atom is -0.505 e. The molecule has 32 heavy (non-hydrogen) atoms. The molecule has 0 aliphatic heterocycles. The second kappa shape index (κ2) is 8.43. The van der Waals surface area contributed by atoms with Gasteiger partial charge in [0, 0.05) is 29.0 Å². The average Bonchev–Trinajstić information content (AvgIpc) is 2.77. The second-order valence-corrected chi connectivity index (χ2v) is 7.31. The van der Waals surface area contributed by atoms with Gasteiger partial charge in [-0.05, 0) is 60.9 Å². The van der Waals surface area contributed by atoms with Crippen molar-refractivity contribution in [2.24, 2.45) is 0 Å². The van der Waals surface area contributed by atoms with Gasteiger partial charge in [0.1, 0.15) is 16.9 Å². The number of carbonyl (C=O) groups excluding carboxylic acids is 1. The molecule has 0 saturated carbocycles. The van der Waals surface area contributed by atoms with Gasteiger partial charge < -0.3 is 15.5 Å². The number of aromatic hydroxyl groups is 1. The number of aromatic carboxylic acids is 1. The number of benzene rings is 2. The smallest absolute Gasteiger partial charge is 0.339 e. The largest absolute Gasteiger partial charge is 0.505 e. The molecule has 4 rings (SSSR count). The van der Waals surface area contributed by atoms with Crippen LogP contribution in [0.4, 0.5) is 10.1 Å². The fraction of sp³-hybridized carbons (Fsp3) is 0.0833. The highest BCUT2D eigenvalue weighted by atomic mass is 19.1. The van der Waals surface area contributed by atoms with E-state index in [0.29, 0.717) is 23.1 Å². The number of halogens is 1. The van der Waals surface area contributed by atoms with E-state index < -0.39 is 17.6 Å². The molecule has 1 amide bonds. The molecule has 0 unspecified atom stereocenters. The molecule has 0 spiro atoms. The standard InChI is InChI=1S/C24H18FN3O4/c1-13-8-16(6-7-26-13)23(30)28-20-11-19(24(31)32)22(29)21-18(20)10-15(12-27-21)9-14-2-4-17(25)5-3-14/h2-8,10-12,29H,9H2,1H3,(H,28,30)(H,31,32). The number of anilines is 1. The van der Waals surface area contributed by atoms with Crippen LogP contribution in [0.15, 0.2) is 60.9 Å². The molecule has 4 aromatic rings. The van der Waals surface area contributed by atoms with Crippen LogP contribution in [0.5, 0.6) is 5.75 Å². The SMILES string of the molecule is Cc1cc(C(=O)Nc2cc(C(=O)O)c(O)c3ncc(Cc4ccc(F)cc4)cc23)ccn1. The van der Waals surface area contributed by atoms with E-state index in [1.165, 1.54) is 30.6 Å². The number of rotatable bonds is 5. The quantitative estimate of drug-likeness (QED) is 0.406. The van der Waals surface area contributed by atoms with Crippen molar-refractivity contribution >= 4 is 28.5 Å². The summed E-state index contributed by atoms with van der Waals surface area (Å²) in [6.45, 7) is 1.75. The van der Waals surface area contributed by atoms with E-state index in [2.05, 4.69) is 15.3 Å². The number of carboxylic acid groups (broad SMARTS) is 1. The summed E-state index contributed by atoms with van der Waals surface area (Å²) in [5.41, 5.74) is 2.46. The summed E-state index contributed by atoms with van der Waals surface area (Å²) in [5, 5.41) is 23.0. The van der Waals surface area contributed by atoms with E-state index in [1.807, 2.05) is 0 Å². The predicted octanol–water partition coefficient (Wildman–Crippen LogP) is 4.32. The first kappa shape index (κ1) is 20.9. The molecule has 2 aromatic carbocycles. The van der Waals surface area contributed by atoms with Gasteiger partial charge in [0.25, 0.3) is 5.91 Å². The first-order chi connectivity index (χ1) is 15.3. The number of pyridine rings is 2. The Morgan fingerprint density at radius 3 is 2.47 bits per heavy atom. The average molecular weight is 431 g/mol. The molecular formula is C24H18FN3O4. The molecule has 0 atom stereocenters. The third kappa shape index (κ3) is 4.24. The number of nitrogens with one attached hydrogen (secondary N) is 1. The van der Waals surface area contributed by atoms with Crippen molar-refractivity contribution in [2.45, 2.75) is 13.3 Å². The normalized spacial score (nSPS) is 10.8. The maximum Gasteiger partial charge on any atom is 0.339 e. The van der Waals surface area contributed by atoms with Gasteiger partial charge in [-0.2, -0.15) is 0 Å². The molecule has 160 valence electrons. The van der Waals surface area contributed by atoms with Crippen LogP contribution < -0.4 is 5.32 Å². The third-order valence-corrected chi connectivity index (χ3v) is 4.96. The first-order valence-corrected chi connectivity index (χ1v) is 9.68. The highest BCUT2D eigenvalue weighted by Gasteiger charge is 2.20. The van der Waals surface area contributed by atoms with E-state index in [9.17, 15) is 24.2 Å². The zero-order chi connectivity index (χ0) is 22.8. The van der Waals surface area contributed by atoms with Gasteiger partial charge in [-0.25, -0.2) is 9.18 Å². The molecule has 8 heteroatoms. The minimum atomic E-state index is -1.35. The number of aromatic nitrogens is 2. The lowest BCUT2D eigenvalue weighted by atomic mass is 10.0. The molecule has 0 radical (unpaired) electrons. The number of carboxylic acids is 1. The lowest BCUT2D eigenvalue weighted by molar-refractivity contribution is 0.0693. The summed E-state index contributed by atoms with van der Waals surface area (Å²) in [5.74, 6) is -2.63. The first-order valence-electron chi connectivity index (χ1n) is 9.68. The van der Waals surface area contributed by atoms with E-state index in [1.54, 1.807) is 37.3 Å². The van der Waals surface area contributed by atoms with Crippen LogP contribution in [0.3, 0.4) is 0 Å². The Morgan fingerprint density at radius 2 is 1.78 bits per heavy atom. The highest BCUT2D eigenvalue weighted by molar-refractivity contribution is 6.12. The minimum absolute atomic E-state index is 0.0500. The number of phenols is 1. The zero-order valence-electron chi connectivity index (χ0n) is 17.0. The molecule has 0 saturated heterocycles. The Labute approximate surface area is 182 Å². The van der Waals surface area contributed by atoms with Crippen LogP contribution in [-0.2, 0) is 6.42 Å². The Balaban J connectivity index is 1.79. The molecular weight excluding hydrogens is 413 g/mol. The topological polar surface area (TPSA) is 112 Å². The summed E-state index contributed by atoms with van der Waals surface area (Å²) in [7, 11) is 0. The van der Waals surface area contributed by atoms with E-state index in [0.717, 1.165) is 11.1 Å². The number of hydrogen-bond acceptors (Lipinski definition) is 5. The van der Waals surface area contributed by atoms with Crippen LogP contribution >= 0.6 is 0 Å². The van der Waals surface area contributed by atoms with Crippen LogP contribution in [0.1, 0.15) is 37.5 Å². The summed E-state index contributed by atoms with van der Waals surface area (Å²) in [4.78, 5) is 32.7. The van der Waals surface area contributed by atoms with Gasteiger partial charge >= 0.3 is 5.97 Å². The van der Waals surface area contributed by atoms with Crippen LogP contribution in [0.2, 0.25) is 0 Å². The maximum atomic E-state index is 13.2. The summed E-state index contributed by atoms with van der Waals surface area (Å²) >= 11 is 0. The van der Waals surface area contributed by atoms with Crippen molar-refractivity contribution in [3.8, 4) is 5.75 Å². The number of nitrogens with zero attached hydrogens (tertiary/aromatic N) is 2. The summed E-state index contributed by atoms with van der Waals surface area (Å²) in [6, 6.07) is 12.1. The number of aryl methyl sites for hydroxylation is 1. The molecule has 0 aliphatic carbocycles. The molecule has 2 heterocycles. The molecule has 0 aliphatic rings. The number of hydrogen-bond donors (Lipinski definition) is 3. The summed E-state index contributed by atoms with van der Waals surface area (Å²) in [6.07, 6.45) is 3.45. The fourth-order valence-electron chi connectivity index (χ4n) is 3.40. The van der Waals surface area contributed by atoms with Gasteiger partial charge in [0.15, 0.2) is 5.75 Å². The van der Waals surface area contributed by atoms with Crippen LogP contribution in [0.25, 0.3) is 10.9 Å². The Hall–Kier alpha value is -4.33. The molecule has 7 nitrogen and oxygen atoms in total. The van der Waals surface area contributed by atoms with Crippen molar-refractivity contribution < 1.29 is 24.2 Å². The van der Waals surface area contributed by atoms with Crippen molar-refractivity contribution in [2.75, 3.05) is 5.32 Å². The Kier molecular flexibility index (Phi) is 5.51. The molecule has 2 aromatic heterocycles. The van der Waals surface area contributed by atoms with E-state index in [4.69, 9.17) is 0 Å². The monoisotopic (exact) mass is 431 g/mol. The molecule has 3 N–H and O–H groups in total. The van der Waals surface area contributed by atoms with Crippen LogP contribution in [-0.4, -0.2) is 32.1 Å². The van der Waals surface area contributed by atoms with Gasteiger partial charge in [-0.15, -0.1) is 0 Å². The van der Waals surface area contributed by atoms with Crippen molar-refractivity contribution in [1.82, 2.24) is 9.97 Å². The Morgan fingerprint density at radius 1 is 1.03 bits per heavy atom. The van der Waals surface area contributed by atoms with Gasteiger partial charge in [-0.1, -0.05) is 12.1 Å². The van der Waals surface area contributed by atoms with Gasteiger partial charge in [-0.3, -0.25) is 14.8 Å². The van der Waals surface area contributed by atoms with Crippen molar-refractivity contribution in [1.29, 1.82) is 0 Å². The highest BCUT2D eigenvalue weighted by Crippen LogP contribution is 2.34.